The standard InChI is InChI=1S/C28H36N2O/c1-18(24-14-13-20-11-9-10-12-25(20)30-24)26(29-19(2)31)21-15-22(27(3,4)5)17-23(16-21)28(6,7)8/h9-18,26H,1-8H3,(H,29,31)/t18-,26+/m1/s1. The minimum Gasteiger partial charge on any atom is -0.349 e. The number of benzene rings is 2. The van der Waals surface area contributed by atoms with E-state index in [0.717, 1.165) is 22.2 Å². The molecule has 0 saturated carbocycles. The van der Waals surface area contributed by atoms with Crippen LogP contribution < -0.4 is 5.32 Å². The molecule has 1 aromatic heterocycles. The molecule has 0 aliphatic heterocycles. The Balaban J connectivity index is 2.14. The highest BCUT2D eigenvalue weighted by molar-refractivity contribution is 5.78. The van der Waals surface area contributed by atoms with Crippen LogP contribution in [0.15, 0.2) is 54.6 Å². The van der Waals surface area contributed by atoms with Crippen molar-refractivity contribution in [3.05, 3.63) is 77.0 Å². The number of carbonyl (C=O) groups excluding carboxylic acids is 1. The van der Waals surface area contributed by atoms with Gasteiger partial charge in [-0.1, -0.05) is 90.9 Å². The summed E-state index contributed by atoms with van der Waals surface area (Å²) in [5, 5.41) is 4.35. The number of para-hydroxylation sites is 1. The minimum atomic E-state index is -0.158. The third kappa shape index (κ3) is 5.33. The number of nitrogens with one attached hydrogen (secondary N) is 1. The van der Waals surface area contributed by atoms with Gasteiger partial charge >= 0.3 is 0 Å². The van der Waals surface area contributed by atoms with Gasteiger partial charge in [0.2, 0.25) is 5.91 Å². The van der Waals surface area contributed by atoms with Crippen LogP contribution in [0.3, 0.4) is 0 Å². The molecule has 3 aromatic rings. The Bertz CT molecular complexity index is 1050. The van der Waals surface area contributed by atoms with Gasteiger partial charge in [-0.2, -0.15) is 0 Å². The molecule has 1 N–H and O–H groups in total. The van der Waals surface area contributed by atoms with Gasteiger partial charge in [-0.3, -0.25) is 9.78 Å². The van der Waals surface area contributed by atoms with Crippen LogP contribution in [-0.2, 0) is 15.6 Å². The van der Waals surface area contributed by atoms with Gasteiger partial charge in [-0.15, -0.1) is 0 Å². The number of fused-ring (bicyclic) bond motifs is 1. The van der Waals surface area contributed by atoms with Crippen LogP contribution in [0.25, 0.3) is 10.9 Å². The zero-order valence-electron chi connectivity index (χ0n) is 20.2. The molecule has 3 heteroatoms. The Morgan fingerprint density at radius 1 is 0.871 bits per heavy atom. The second-order valence-corrected chi connectivity index (χ2v) is 10.7. The number of amides is 1. The summed E-state index contributed by atoms with van der Waals surface area (Å²) in [5.74, 6) is -0.00680. The predicted octanol–water partition coefficient (Wildman–Crippen LogP) is 6.81. The Morgan fingerprint density at radius 3 is 2.00 bits per heavy atom. The fourth-order valence-electron chi connectivity index (χ4n) is 3.92. The molecule has 3 rings (SSSR count). The number of aromatic nitrogens is 1. The van der Waals surface area contributed by atoms with E-state index in [2.05, 4.69) is 90.2 Å². The predicted molar refractivity (Wildman–Crippen MR) is 131 cm³/mol. The fourth-order valence-corrected chi connectivity index (χ4v) is 3.92. The highest BCUT2D eigenvalue weighted by atomic mass is 16.1. The number of carbonyl (C=O) groups is 1. The molecular weight excluding hydrogens is 380 g/mol. The molecule has 31 heavy (non-hydrogen) atoms. The van der Waals surface area contributed by atoms with Crippen molar-refractivity contribution >= 4 is 16.8 Å². The highest BCUT2D eigenvalue weighted by Crippen LogP contribution is 2.36. The molecule has 1 heterocycles. The lowest BCUT2D eigenvalue weighted by Gasteiger charge is -2.30. The van der Waals surface area contributed by atoms with Crippen molar-refractivity contribution in [1.29, 1.82) is 0 Å². The Morgan fingerprint density at radius 2 is 1.45 bits per heavy atom. The van der Waals surface area contributed by atoms with E-state index in [9.17, 15) is 4.79 Å². The third-order valence-corrected chi connectivity index (χ3v) is 5.99. The van der Waals surface area contributed by atoms with Gasteiger partial charge in [-0.25, -0.2) is 0 Å². The average Bonchev–Trinajstić information content (AvgIpc) is 2.69. The lowest BCUT2D eigenvalue weighted by atomic mass is 9.77. The van der Waals surface area contributed by atoms with E-state index >= 15 is 0 Å². The van der Waals surface area contributed by atoms with Crippen molar-refractivity contribution in [2.45, 2.75) is 78.2 Å². The SMILES string of the molecule is CC(=O)N[C@H](c1cc(C(C)(C)C)cc(C(C)(C)C)c1)[C@H](C)c1ccc2ccccc2n1. The van der Waals surface area contributed by atoms with E-state index in [1.165, 1.54) is 11.1 Å². The zero-order chi connectivity index (χ0) is 23.0. The maximum atomic E-state index is 12.2. The summed E-state index contributed by atoms with van der Waals surface area (Å²) < 4.78 is 0. The van der Waals surface area contributed by atoms with Gasteiger partial charge in [0.05, 0.1) is 11.6 Å². The summed E-state index contributed by atoms with van der Waals surface area (Å²) in [5.41, 5.74) is 5.69. The van der Waals surface area contributed by atoms with E-state index in [1.807, 2.05) is 18.2 Å². The fraction of sp³-hybridized carbons (Fsp3) is 0.429. The Labute approximate surface area is 187 Å². The molecule has 0 bridgehead atoms. The second-order valence-electron chi connectivity index (χ2n) is 10.7. The van der Waals surface area contributed by atoms with Crippen molar-refractivity contribution < 1.29 is 4.79 Å². The summed E-state index contributed by atoms with van der Waals surface area (Å²) >= 11 is 0. The lowest BCUT2D eigenvalue weighted by Crippen LogP contribution is -2.31. The molecule has 3 nitrogen and oxygen atoms in total. The molecule has 0 unspecified atom stereocenters. The van der Waals surface area contributed by atoms with Crippen LogP contribution in [-0.4, -0.2) is 10.9 Å². The quantitative estimate of drug-likeness (QED) is 0.507. The van der Waals surface area contributed by atoms with Crippen LogP contribution in [0, 0.1) is 0 Å². The van der Waals surface area contributed by atoms with E-state index in [0.29, 0.717) is 0 Å². The largest absolute Gasteiger partial charge is 0.349 e. The second kappa shape index (κ2) is 8.45. The van der Waals surface area contributed by atoms with Gasteiger partial charge < -0.3 is 5.32 Å². The maximum absolute atomic E-state index is 12.2. The molecule has 164 valence electrons. The van der Waals surface area contributed by atoms with Gasteiger partial charge in [0.15, 0.2) is 0 Å². The van der Waals surface area contributed by atoms with Gasteiger partial charge in [0.1, 0.15) is 0 Å². The Kier molecular flexibility index (Phi) is 6.27. The molecule has 0 radical (unpaired) electrons. The van der Waals surface area contributed by atoms with Gasteiger partial charge in [-0.05, 0) is 39.7 Å². The monoisotopic (exact) mass is 416 g/mol. The first kappa shape index (κ1) is 23.0. The first-order valence-corrected chi connectivity index (χ1v) is 11.1. The van der Waals surface area contributed by atoms with Crippen LogP contribution in [0.2, 0.25) is 0 Å². The van der Waals surface area contributed by atoms with Gasteiger partial charge in [0, 0.05) is 23.9 Å². The van der Waals surface area contributed by atoms with Crippen LogP contribution in [0.5, 0.6) is 0 Å². The Hall–Kier alpha value is -2.68. The number of pyridine rings is 1. The first-order chi connectivity index (χ1) is 14.4. The molecule has 1 amide bonds. The van der Waals surface area contributed by atoms with Gasteiger partial charge in [0.25, 0.3) is 0 Å². The van der Waals surface area contributed by atoms with Crippen LogP contribution >= 0.6 is 0 Å². The summed E-state index contributed by atoms with van der Waals surface area (Å²) in [7, 11) is 0. The molecule has 2 aromatic carbocycles. The molecule has 0 fully saturated rings. The third-order valence-electron chi connectivity index (χ3n) is 5.99. The van der Waals surface area contributed by atoms with E-state index in [4.69, 9.17) is 4.98 Å². The number of nitrogens with zero attached hydrogens (tertiary/aromatic N) is 1. The van der Waals surface area contributed by atoms with Crippen LogP contribution in [0.1, 0.15) is 89.7 Å². The maximum Gasteiger partial charge on any atom is 0.217 e. The van der Waals surface area contributed by atoms with Crippen molar-refractivity contribution in [3.63, 3.8) is 0 Å². The zero-order valence-corrected chi connectivity index (χ0v) is 20.2. The van der Waals surface area contributed by atoms with E-state index in [1.54, 1.807) is 6.92 Å². The topological polar surface area (TPSA) is 42.0 Å². The summed E-state index contributed by atoms with van der Waals surface area (Å²) in [6.07, 6.45) is 0. The number of hydrogen-bond acceptors (Lipinski definition) is 2. The average molecular weight is 417 g/mol. The van der Waals surface area contributed by atoms with Crippen molar-refractivity contribution in [2.24, 2.45) is 0 Å². The lowest BCUT2D eigenvalue weighted by molar-refractivity contribution is -0.119. The minimum absolute atomic E-state index is 0.0151. The van der Waals surface area contributed by atoms with E-state index < -0.39 is 0 Å². The molecular formula is C28H36N2O. The molecule has 2 atom stereocenters. The highest BCUT2D eigenvalue weighted by Gasteiger charge is 2.27. The van der Waals surface area contributed by atoms with Crippen molar-refractivity contribution in [3.8, 4) is 0 Å². The number of rotatable bonds is 4. The van der Waals surface area contributed by atoms with Crippen LogP contribution in [0.4, 0.5) is 0 Å². The summed E-state index contributed by atoms with van der Waals surface area (Å²) in [6, 6.07) is 19.0. The number of hydrogen-bond donors (Lipinski definition) is 1. The van der Waals surface area contributed by atoms with E-state index in [-0.39, 0.29) is 28.7 Å². The first-order valence-electron chi connectivity index (χ1n) is 11.1. The normalized spacial score (nSPS) is 14.3. The molecule has 0 aliphatic carbocycles. The smallest absolute Gasteiger partial charge is 0.217 e. The molecule has 0 saturated heterocycles. The molecule has 0 aliphatic rings. The summed E-state index contributed by atoms with van der Waals surface area (Å²) in [6.45, 7) is 17.2. The van der Waals surface area contributed by atoms with Crippen molar-refractivity contribution in [2.75, 3.05) is 0 Å². The van der Waals surface area contributed by atoms with Crippen molar-refractivity contribution in [1.82, 2.24) is 10.3 Å². The summed E-state index contributed by atoms with van der Waals surface area (Å²) in [4.78, 5) is 17.1. The molecule has 0 spiro atoms.